The first-order valence-corrected chi connectivity index (χ1v) is 8.29. The molecule has 24 heavy (non-hydrogen) atoms. The van der Waals surface area contributed by atoms with Gasteiger partial charge in [0.05, 0.1) is 34.1 Å². The summed E-state index contributed by atoms with van der Waals surface area (Å²) in [7, 11) is 1.31. The molecule has 1 atom stereocenters. The number of rotatable bonds is 3. The SMILES string of the molecule is COC(=O)c1ccccc1-n1c(C(C)Br)nc2ccccc2c1=O. The maximum atomic E-state index is 13.1. The highest BCUT2D eigenvalue weighted by atomic mass is 79.9. The lowest BCUT2D eigenvalue weighted by molar-refractivity contribution is 0.0600. The van der Waals surface area contributed by atoms with E-state index >= 15 is 0 Å². The molecule has 122 valence electrons. The molecule has 1 heterocycles. The Hall–Kier alpha value is -2.47. The number of fused-ring (bicyclic) bond motifs is 1. The van der Waals surface area contributed by atoms with Gasteiger partial charge in [-0.1, -0.05) is 40.2 Å². The second kappa shape index (κ2) is 6.57. The maximum absolute atomic E-state index is 13.1. The van der Waals surface area contributed by atoms with Crippen LogP contribution in [-0.4, -0.2) is 22.6 Å². The van der Waals surface area contributed by atoms with Gasteiger partial charge in [0, 0.05) is 0 Å². The van der Waals surface area contributed by atoms with Gasteiger partial charge in [-0.3, -0.25) is 9.36 Å². The molecule has 0 N–H and O–H groups in total. The smallest absolute Gasteiger partial charge is 0.339 e. The first kappa shape index (κ1) is 16.4. The van der Waals surface area contributed by atoms with Gasteiger partial charge >= 0.3 is 5.97 Å². The van der Waals surface area contributed by atoms with E-state index in [1.165, 1.54) is 11.7 Å². The fourth-order valence-corrected chi connectivity index (χ4v) is 2.91. The van der Waals surface area contributed by atoms with Gasteiger partial charge in [-0.25, -0.2) is 9.78 Å². The van der Waals surface area contributed by atoms with E-state index in [0.717, 1.165) is 0 Å². The first-order valence-electron chi connectivity index (χ1n) is 7.38. The average Bonchev–Trinajstić information content (AvgIpc) is 2.61. The van der Waals surface area contributed by atoms with Crippen LogP contribution in [0.4, 0.5) is 0 Å². The fraction of sp³-hybridized carbons (Fsp3) is 0.167. The highest BCUT2D eigenvalue weighted by Crippen LogP contribution is 2.25. The van der Waals surface area contributed by atoms with Crippen LogP contribution < -0.4 is 5.56 Å². The normalized spacial score (nSPS) is 12.1. The summed E-state index contributed by atoms with van der Waals surface area (Å²) < 4.78 is 6.31. The van der Waals surface area contributed by atoms with E-state index in [1.807, 2.05) is 13.0 Å². The number of carbonyl (C=O) groups excluding carboxylic acids is 1. The van der Waals surface area contributed by atoms with Crippen molar-refractivity contribution in [3.8, 4) is 5.69 Å². The Labute approximate surface area is 147 Å². The van der Waals surface area contributed by atoms with Crippen LogP contribution in [0.2, 0.25) is 0 Å². The first-order chi connectivity index (χ1) is 11.5. The molecule has 6 heteroatoms. The summed E-state index contributed by atoms with van der Waals surface area (Å²) in [6.07, 6.45) is 0. The topological polar surface area (TPSA) is 61.2 Å². The van der Waals surface area contributed by atoms with Crippen molar-refractivity contribution in [2.45, 2.75) is 11.8 Å². The molecule has 0 radical (unpaired) electrons. The summed E-state index contributed by atoms with van der Waals surface area (Å²) >= 11 is 3.49. The van der Waals surface area contributed by atoms with E-state index in [9.17, 15) is 9.59 Å². The van der Waals surface area contributed by atoms with E-state index in [2.05, 4.69) is 20.9 Å². The maximum Gasteiger partial charge on any atom is 0.339 e. The van der Waals surface area contributed by atoms with Gasteiger partial charge in [-0.15, -0.1) is 0 Å². The van der Waals surface area contributed by atoms with Gasteiger partial charge in [0.25, 0.3) is 5.56 Å². The van der Waals surface area contributed by atoms with E-state index in [1.54, 1.807) is 42.5 Å². The van der Waals surface area contributed by atoms with E-state index in [0.29, 0.717) is 28.0 Å². The number of halogens is 1. The van der Waals surface area contributed by atoms with Crippen LogP contribution in [0.1, 0.15) is 27.9 Å². The Morgan fingerprint density at radius 2 is 1.83 bits per heavy atom. The fourth-order valence-electron chi connectivity index (χ4n) is 2.60. The molecule has 1 unspecified atom stereocenters. The molecule has 0 fully saturated rings. The van der Waals surface area contributed by atoms with E-state index in [4.69, 9.17) is 4.74 Å². The van der Waals surface area contributed by atoms with Crippen LogP contribution in [0, 0.1) is 0 Å². The predicted octanol–water partition coefficient (Wildman–Crippen LogP) is 3.63. The monoisotopic (exact) mass is 386 g/mol. The standard InChI is InChI=1S/C18H15BrN2O3/c1-11(19)16-20-14-9-5-3-7-12(14)17(22)21(16)15-10-6-4-8-13(15)18(23)24-2/h3-11H,1-2H3. The van der Waals surface area contributed by atoms with Gasteiger partial charge in [0.15, 0.2) is 0 Å². The molecule has 0 spiro atoms. The molecular weight excluding hydrogens is 372 g/mol. The van der Waals surface area contributed by atoms with E-state index < -0.39 is 5.97 Å². The Morgan fingerprint density at radius 1 is 1.17 bits per heavy atom. The van der Waals surface area contributed by atoms with Crippen LogP contribution in [-0.2, 0) is 4.74 Å². The van der Waals surface area contributed by atoms with E-state index in [-0.39, 0.29) is 10.4 Å². The number of hydrogen-bond acceptors (Lipinski definition) is 4. The van der Waals surface area contributed by atoms with Gasteiger partial charge in [-0.05, 0) is 31.2 Å². The Morgan fingerprint density at radius 3 is 2.54 bits per heavy atom. The number of methoxy groups -OCH3 is 1. The number of alkyl halides is 1. The molecule has 0 bridgehead atoms. The van der Waals surface area contributed by atoms with Gasteiger partial charge in [0.2, 0.25) is 0 Å². The summed E-state index contributed by atoms with van der Waals surface area (Å²) in [4.78, 5) is 29.6. The number of para-hydroxylation sites is 2. The van der Waals surface area contributed by atoms with Crippen LogP contribution in [0.5, 0.6) is 0 Å². The van der Waals surface area contributed by atoms with Crippen molar-refractivity contribution < 1.29 is 9.53 Å². The summed E-state index contributed by atoms with van der Waals surface area (Å²) in [5.41, 5.74) is 1.16. The van der Waals surface area contributed by atoms with Crippen molar-refractivity contribution in [1.82, 2.24) is 9.55 Å². The third-order valence-corrected chi connectivity index (χ3v) is 4.12. The molecule has 0 aliphatic rings. The van der Waals surface area contributed by atoms with Crippen molar-refractivity contribution in [2.24, 2.45) is 0 Å². The third kappa shape index (κ3) is 2.73. The molecule has 1 aromatic heterocycles. The number of hydrogen-bond donors (Lipinski definition) is 0. The number of benzene rings is 2. The second-order valence-electron chi connectivity index (χ2n) is 5.25. The molecular formula is C18H15BrN2O3. The zero-order chi connectivity index (χ0) is 17.3. The van der Waals surface area contributed by atoms with Crippen LogP contribution in [0.25, 0.3) is 16.6 Å². The number of aromatic nitrogens is 2. The molecule has 3 rings (SSSR count). The van der Waals surface area contributed by atoms with Crippen molar-refractivity contribution in [3.05, 3.63) is 70.3 Å². The Balaban J connectivity index is 2.42. The highest BCUT2D eigenvalue weighted by Gasteiger charge is 2.20. The van der Waals surface area contributed by atoms with Crippen LogP contribution >= 0.6 is 15.9 Å². The lowest BCUT2D eigenvalue weighted by Crippen LogP contribution is -2.26. The molecule has 0 saturated heterocycles. The van der Waals surface area contributed by atoms with Crippen molar-refractivity contribution in [3.63, 3.8) is 0 Å². The van der Waals surface area contributed by atoms with Crippen molar-refractivity contribution in [2.75, 3.05) is 7.11 Å². The lowest BCUT2D eigenvalue weighted by atomic mass is 10.1. The molecule has 0 amide bonds. The number of carbonyl (C=O) groups is 1. The number of nitrogens with zero attached hydrogens (tertiary/aromatic N) is 2. The minimum absolute atomic E-state index is 0.180. The minimum Gasteiger partial charge on any atom is -0.465 e. The predicted molar refractivity (Wildman–Crippen MR) is 96.0 cm³/mol. The average molecular weight is 387 g/mol. The largest absolute Gasteiger partial charge is 0.465 e. The van der Waals surface area contributed by atoms with Crippen molar-refractivity contribution in [1.29, 1.82) is 0 Å². The highest BCUT2D eigenvalue weighted by molar-refractivity contribution is 9.09. The van der Waals surface area contributed by atoms with Gasteiger partial charge in [0.1, 0.15) is 5.82 Å². The molecule has 0 aliphatic carbocycles. The molecule has 0 aliphatic heterocycles. The lowest BCUT2D eigenvalue weighted by Gasteiger charge is -2.17. The number of esters is 1. The summed E-state index contributed by atoms with van der Waals surface area (Å²) in [5.74, 6) is 0.0221. The van der Waals surface area contributed by atoms with Gasteiger partial charge in [-0.2, -0.15) is 0 Å². The molecule has 5 nitrogen and oxygen atoms in total. The van der Waals surface area contributed by atoms with Crippen molar-refractivity contribution >= 4 is 32.8 Å². The Bertz CT molecular complexity index is 979. The molecule has 3 aromatic rings. The minimum atomic E-state index is -0.501. The third-order valence-electron chi connectivity index (χ3n) is 3.71. The quantitative estimate of drug-likeness (QED) is 0.509. The molecule has 2 aromatic carbocycles. The number of ether oxygens (including phenoxy) is 1. The summed E-state index contributed by atoms with van der Waals surface area (Å²) in [6, 6.07) is 14.0. The summed E-state index contributed by atoms with van der Waals surface area (Å²) in [6.45, 7) is 1.88. The Kier molecular flexibility index (Phi) is 4.49. The van der Waals surface area contributed by atoms with Crippen LogP contribution in [0.15, 0.2) is 53.3 Å². The second-order valence-corrected chi connectivity index (χ2v) is 6.63. The van der Waals surface area contributed by atoms with Gasteiger partial charge < -0.3 is 4.74 Å². The zero-order valence-electron chi connectivity index (χ0n) is 13.2. The summed E-state index contributed by atoms with van der Waals surface area (Å²) in [5, 5.41) is 0.495. The van der Waals surface area contributed by atoms with Crippen LogP contribution in [0.3, 0.4) is 0 Å². The molecule has 0 saturated carbocycles. The zero-order valence-corrected chi connectivity index (χ0v) is 14.8.